The average molecular weight is 471 g/mol. The van der Waals surface area contributed by atoms with E-state index in [1.807, 2.05) is 16.7 Å². The van der Waals surface area contributed by atoms with E-state index in [2.05, 4.69) is 10.6 Å². The van der Waals surface area contributed by atoms with E-state index in [1.165, 1.54) is 36.4 Å². The molecule has 1 unspecified atom stereocenters. The van der Waals surface area contributed by atoms with Crippen LogP contribution >= 0.6 is 23.2 Å². The zero-order chi connectivity index (χ0) is 22.5. The fourth-order valence-electron chi connectivity index (χ4n) is 3.39. The van der Waals surface area contributed by atoms with Crippen molar-refractivity contribution in [2.45, 2.75) is 13.0 Å². The molecule has 2 aromatic carbocycles. The van der Waals surface area contributed by atoms with Gasteiger partial charge in [0.1, 0.15) is 11.6 Å². The second kappa shape index (κ2) is 10.4. The van der Waals surface area contributed by atoms with Crippen molar-refractivity contribution in [3.05, 3.63) is 58.1 Å². The molecule has 2 aromatic rings. The molecule has 166 valence electrons. The number of benzene rings is 2. The van der Waals surface area contributed by atoms with E-state index >= 15 is 0 Å². The monoisotopic (exact) mass is 470 g/mol. The summed E-state index contributed by atoms with van der Waals surface area (Å²) in [4.78, 5) is 28.6. The molecular formula is C21H22Cl2F2N4O2. The van der Waals surface area contributed by atoms with Crippen LogP contribution in [0.1, 0.15) is 6.92 Å². The summed E-state index contributed by atoms with van der Waals surface area (Å²) in [7, 11) is 0. The maximum atomic E-state index is 13.2. The summed E-state index contributed by atoms with van der Waals surface area (Å²) in [6.45, 7) is 4.14. The van der Waals surface area contributed by atoms with Gasteiger partial charge in [0.15, 0.2) is 0 Å². The van der Waals surface area contributed by atoms with Crippen LogP contribution < -0.4 is 10.6 Å². The van der Waals surface area contributed by atoms with E-state index < -0.39 is 11.6 Å². The maximum Gasteiger partial charge on any atom is 0.238 e. The van der Waals surface area contributed by atoms with Crippen LogP contribution in [0, 0.1) is 11.6 Å². The third-order valence-electron chi connectivity index (χ3n) is 4.97. The van der Waals surface area contributed by atoms with Crippen LogP contribution in [0.4, 0.5) is 20.2 Å². The summed E-state index contributed by atoms with van der Waals surface area (Å²) in [6.07, 6.45) is 0. The zero-order valence-electron chi connectivity index (χ0n) is 16.8. The van der Waals surface area contributed by atoms with Crippen LogP contribution in [0.3, 0.4) is 0 Å². The minimum atomic E-state index is -0.545. The van der Waals surface area contributed by atoms with Crippen LogP contribution in [0.2, 0.25) is 10.0 Å². The lowest BCUT2D eigenvalue weighted by Crippen LogP contribution is -2.54. The van der Waals surface area contributed by atoms with Crippen LogP contribution in [0.25, 0.3) is 0 Å². The third kappa shape index (κ3) is 6.61. The Bertz CT molecular complexity index is 976. The number of hydrogen-bond acceptors (Lipinski definition) is 4. The molecule has 2 amide bonds. The van der Waals surface area contributed by atoms with Gasteiger partial charge in [0, 0.05) is 37.1 Å². The van der Waals surface area contributed by atoms with Gasteiger partial charge in [0.05, 0.1) is 23.1 Å². The van der Waals surface area contributed by atoms with Crippen LogP contribution in [0.5, 0.6) is 0 Å². The van der Waals surface area contributed by atoms with Crippen LogP contribution in [-0.2, 0) is 9.59 Å². The van der Waals surface area contributed by atoms with Crippen molar-refractivity contribution in [1.29, 1.82) is 0 Å². The van der Waals surface area contributed by atoms with Gasteiger partial charge in [-0.3, -0.25) is 19.4 Å². The van der Waals surface area contributed by atoms with Crippen molar-refractivity contribution >= 4 is 46.4 Å². The first-order valence-electron chi connectivity index (χ1n) is 9.67. The molecule has 0 aromatic heterocycles. The highest BCUT2D eigenvalue weighted by molar-refractivity contribution is 6.31. The van der Waals surface area contributed by atoms with Crippen molar-refractivity contribution in [3.63, 3.8) is 0 Å². The van der Waals surface area contributed by atoms with Gasteiger partial charge in [-0.2, -0.15) is 0 Å². The summed E-state index contributed by atoms with van der Waals surface area (Å²) >= 11 is 11.5. The van der Waals surface area contributed by atoms with Gasteiger partial charge in [0.2, 0.25) is 11.8 Å². The number of piperazine rings is 1. The summed E-state index contributed by atoms with van der Waals surface area (Å²) < 4.78 is 26.5. The second-order valence-corrected chi connectivity index (χ2v) is 8.22. The zero-order valence-corrected chi connectivity index (χ0v) is 18.3. The standard InChI is InChI=1S/C21H22Cl2F2N4O2/c1-13-10-28(11-20(30)26-14-2-4-18(24)16(22)8-14)6-7-29(13)12-21(31)27-15-3-5-19(25)17(23)9-15/h2-5,8-9,13H,6-7,10-12H2,1H3,(H,26,30)(H,27,31). The minimum Gasteiger partial charge on any atom is -0.325 e. The summed E-state index contributed by atoms with van der Waals surface area (Å²) in [6, 6.07) is 8.07. The molecule has 0 aliphatic carbocycles. The van der Waals surface area contributed by atoms with E-state index in [-0.39, 0.29) is 41.0 Å². The predicted molar refractivity (Wildman–Crippen MR) is 118 cm³/mol. The number of carbonyl (C=O) groups is 2. The van der Waals surface area contributed by atoms with E-state index in [0.29, 0.717) is 31.0 Å². The fraction of sp³-hybridized carbons (Fsp3) is 0.333. The number of carbonyl (C=O) groups excluding carboxylic acids is 2. The molecule has 1 heterocycles. The van der Waals surface area contributed by atoms with Crippen LogP contribution in [-0.4, -0.2) is 60.4 Å². The summed E-state index contributed by atoms with van der Waals surface area (Å²) in [5, 5.41) is 5.31. The maximum absolute atomic E-state index is 13.2. The number of anilines is 2. The quantitative estimate of drug-likeness (QED) is 0.672. The Kier molecular flexibility index (Phi) is 7.83. The van der Waals surface area contributed by atoms with E-state index in [1.54, 1.807) is 0 Å². The predicted octanol–water partition coefficient (Wildman–Crippen LogP) is 3.85. The van der Waals surface area contributed by atoms with E-state index in [0.717, 1.165) is 0 Å². The number of amides is 2. The SMILES string of the molecule is CC1CN(CC(=O)Nc2ccc(F)c(Cl)c2)CCN1CC(=O)Nc1ccc(F)c(Cl)c1. The van der Waals surface area contributed by atoms with E-state index in [4.69, 9.17) is 23.2 Å². The first-order chi connectivity index (χ1) is 14.7. The Balaban J connectivity index is 1.46. The molecule has 1 aliphatic rings. The van der Waals surface area contributed by atoms with Gasteiger partial charge in [-0.05, 0) is 43.3 Å². The Morgan fingerprint density at radius 3 is 1.94 bits per heavy atom. The normalized spacial score (nSPS) is 17.4. The van der Waals surface area contributed by atoms with Crippen molar-refractivity contribution < 1.29 is 18.4 Å². The Morgan fingerprint density at radius 1 is 0.935 bits per heavy atom. The lowest BCUT2D eigenvalue weighted by atomic mass is 10.2. The van der Waals surface area contributed by atoms with Crippen molar-refractivity contribution in [2.24, 2.45) is 0 Å². The van der Waals surface area contributed by atoms with Gasteiger partial charge in [-0.15, -0.1) is 0 Å². The molecular weight excluding hydrogens is 449 g/mol. The van der Waals surface area contributed by atoms with Gasteiger partial charge in [-0.25, -0.2) is 8.78 Å². The first-order valence-corrected chi connectivity index (χ1v) is 10.4. The minimum absolute atomic E-state index is 0.0457. The Labute approximate surface area is 189 Å². The summed E-state index contributed by atoms with van der Waals surface area (Å²) in [5.41, 5.74) is 0.862. The third-order valence-corrected chi connectivity index (χ3v) is 5.55. The molecule has 3 rings (SSSR count). The van der Waals surface area contributed by atoms with Gasteiger partial charge >= 0.3 is 0 Å². The highest BCUT2D eigenvalue weighted by atomic mass is 35.5. The number of nitrogens with zero attached hydrogens (tertiary/aromatic N) is 2. The molecule has 0 spiro atoms. The highest BCUT2D eigenvalue weighted by Crippen LogP contribution is 2.20. The number of rotatable bonds is 6. The second-order valence-electron chi connectivity index (χ2n) is 7.41. The molecule has 1 atom stereocenters. The van der Waals surface area contributed by atoms with Gasteiger partial charge in [0.25, 0.3) is 0 Å². The molecule has 1 aliphatic heterocycles. The molecule has 6 nitrogen and oxygen atoms in total. The van der Waals surface area contributed by atoms with E-state index in [9.17, 15) is 18.4 Å². The highest BCUT2D eigenvalue weighted by Gasteiger charge is 2.26. The summed E-state index contributed by atoms with van der Waals surface area (Å²) in [5.74, 6) is -1.55. The van der Waals surface area contributed by atoms with Crippen LogP contribution in [0.15, 0.2) is 36.4 Å². The molecule has 10 heteroatoms. The van der Waals surface area contributed by atoms with Crippen molar-refractivity contribution in [2.75, 3.05) is 43.4 Å². The molecule has 1 saturated heterocycles. The molecule has 2 N–H and O–H groups in total. The fourth-order valence-corrected chi connectivity index (χ4v) is 3.75. The molecule has 1 fully saturated rings. The average Bonchev–Trinajstić information content (AvgIpc) is 2.70. The molecule has 0 radical (unpaired) electrons. The van der Waals surface area contributed by atoms with Gasteiger partial charge < -0.3 is 10.6 Å². The lowest BCUT2D eigenvalue weighted by Gasteiger charge is -2.39. The van der Waals surface area contributed by atoms with Crippen molar-refractivity contribution in [1.82, 2.24) is 9.80 Å². The molecule has 0 saturated carbocycles. The molecule has 31 heavy (non-hydrogen) atoms. The topological polar surface area (TPSA) is 64.7 Å². The number of nitrogens with one attached hydrogen (secondary N) is 2. The largest absolute Gasteiger partial charge is 0.325 e. The first kappa shape index (κ1) is 23.4. The number of halogens is 4. The van der Waals surface area contributed by atoms with Crippen molar-refractivity contribution in [3.8, 4) is 0 Å². The lowest BCUT2D eigenvalue weighted by molar-refractivity contribution is -0.120. The Hall–Kier alpha value is -2.26. The number of hydrogen-bond donors (Lipinski definition) is 2. The van der Waals surface area contributed by atoms with Gasteiger partial charge in [-0.1, -0.05) is 23.2 Å². The Morgan fingerprint density at radius 2 is 1.45 bits per heavy atom. The molecule has 0 bridgehead atoms. The smallest absolute Gasteiger partial charge is 0.238 e.